The third kappa shape index (κ3) is 3.60. The van der Waals surface area contributed by atoms with Crippen molar-refractivity contribution in [3.8, 4) is 0 Å². The molecule has 1 rings (SSSR count). The van der Waals surface area contributed by atoms with Crippen LogP contribution in [0.4, 0.5) is 0 Å². The molecule has 2 unspecified atom stereocenters. The highest BCUT2D eigenvalue weighted by molar-refractivity contribution is 5.31. The van der Waals surface area contributed by atoms with Crippen molar-refractivity contribution in [1.82, 2.24) is 5.32 Å². The van der Waals surface area contributed by atoms with E-state index in [0.717, 1.165) is 12.8 Å². The second-order valence-electron chi connectivity index (χ2n) is 4.95. The summed E-state index contributed by atoms with van der Waals surface area (Å²) in [5, 5.41) is 13.3. The summed E-state index contributed by atoms with van der Waals surface area (Å²) in [5.74, 6) is 0.989. The largest absolute Gasteiger partial charge is 0.511 e. The molecule has 1 saturated carbocycles. The van der Waals surface area contributed by atoms with Gasteiger partial charge in [-0.15, -0.1) is 0 Å². The molecule has 1 aliphatic carbocycles. The number of hydrogen-bond donors (Lipinski definition) is 2. The summed E-state index contributed by atoms with van der Waals surface area (Å²) in [6, 6.07) is 0. The Bertz CT molecular complexity index is 283. The van der Waals surface area contributed by atoms with Crippen molar-refractivity contribution in [2.75, 3.05) is 7.05 Å². The van der Waals surface area contributed by atoms with Gasteiger partial charge < -0.3 is 10.4 Å². The molecule has 1 aliphatic rings. The number of allylic oxidation sites excluding steroid dienone is 2. The lowest BCUT2D eigenvalue weighted by molar-refractivity contribution is 0.328. The van der Waals surface area contributed by atoms with Crippen LogP contribution in [0.3, 0.4) is 0 Å². The molecule has 0 heterocycles. The van der Waals surface area contributed by atoms with E-state index in [0.29, 0.717) is 11.7 Å². The molecule has 2 nitrogen and oxygen atoms in total. The van der Waals surface area contributed by atoms with Crippen LogP contribution in [0.1, 0.15) is 52.4 Å². The van der Waals surface area contributed by atoms with E-state index in [4.69, 9.17) is 0 Å². The average Bonchev–Trinajstić information content (AvgIpc) is 3.04. The van der Waals surface area contributed by atoms with Gasteiger partial charge in [0.05, 0.1) is 5.54 Å². The minimum Gasteiger partial charge on any atom is -0.511 e. The molecule has 0 aromatic rings. The summed E-state index contributed by atoms with van der Waals surface area (Å²) in [7, 11) is 1.94. The van der Waals surface area contributed by atoms with Gasteiger partial charge in [-0.3, -0.25) is 0 Å². The predicted molar refractivity (Wildman–Crippen MR) is 74.2 cm³/mol. The van der Waals surface area contributed by atoms with Crippen molar-refractivity contribution in [2.45, 2.75) is 57.9 Å². The first kappa shape index (κ1) is 14.3. The van der Waals surface area contributed by atoms with Crippen LogP contribution in [0.25, 0.3) is 0 Å². The van der Waals surface area contributed by atoms with Gasteiger partial charge in [0.2, 0.25) is 0 Å². The van der Waals surface area contributed by atoms with Gasteiger partial charge in [-0.25, -0.2) is 0 Å². The highest BCUT2D eigenvalue weighted by Gasteiger charge is 2.54. The summed E-state index contributed by atoms with van der Waals surface area (Å²) in [6.45, 7) is 4.28. The number of aliphatic hydroxyl groups excluding tert-OH is 1. The van der Waals surface area contributed by atoms with E-state index in [-0.39, 0.29) is 5.54 Å². The lowest BCUT2D eigenvalue weighted by Crippen LogP contribution is -2.31. The maximum atomic E-state index is 10.0. The maximum Gasteiger partial charge on any atom is 0.109 e. The fourth-order valence-electron chi connectivity index (χ4n) is 2.38. The summed E-state index contributed by atoms with van der Waals surface area (Å²) in [6.07, 6.45) is 13.4. The zero-order chi connectivity index (χ0) is 12.7. The smallest absolute Gasteiger partial charge is 0.109 e. The maximum absolute atomic E-state index is 10.0. The van der Waals surface area contributed by atoms with E-state index in [2.05, 4.69) is 31.3 Å². The molecular formula is C15H27NO. The Morgan fingerprint density at radius 3 is 2.76 bits per heavy atom. The van der Waals surface area contributed by atoms with Crippen molar-refractivity contribution < 1.29 is 5.11 Å². The SMILES string of the molecule is CC/C=C(/O)C1(NC)CC1/C=C\CCCCC. The predicted octanol–water partition coefficient (Wildman–Crippen LogP) is 3.95. The van der Waals surface area contributed by atoms with Crippen molar-refractivity contribution >= 4 is 0 Å². The Morgan fingerprint density at radius 1 is 1.41 bits per heavy atom. The lowest BCUT2D eigenvalue weighted by Gasteiger charge is -2.14. The molecule has 2 atom stereocenters. The fraction of sp³-hybridized carbons (Fsp3) is 0.733. The Labute approximate surface area is 106 Å². The van der Waals surface area contributed by atoms with Crippen molar-refractivity contribution in [1.29, 1.82) is 0 Å². The van der Waals surface area contributed by atoms with Gasteiger partial charge in [0.25, 0.3) is 0 Å². The monoisotopic (exact) mass is 237 g/mol. The molecule has 2 heteroatoms. The topological polar surface area (TPSA) is 32.3 Å². The van der Waals surface area contributed by atoms with Crippen LogP contribution >= 0.6 is 0 Å². The molecule has 0 aromatic carbocycles. The van der Waals surface area contributed by atoms with Crippen LogP contribution in [-0.4, -0.2) is 17.7 Å². The third-order valence-corrected chi connectivity index (χ3v) is 3.66. The van der Waals surface area contributed by atoms with E-state index in [9.17, 15) is 5.11 Å². The molecule has 17 heavy (non-hydrogen) atoms. The van der Waals surface area contributed by atoms with Crippen LogP contribution < -0.4 is 5.32 Å². The summed E-state index contributed by atoms with van der Waals surface area (Å²) in [4.78, 5) is 0. The molecule has 1 fully saturated rings. The van der Waals surface area contributed by atoms with Gasteiger partial charge >= 0.3 is 0 Å². The molecular weight excluding hydrogens is 210 g/mol. The normalized spacial score (nSPS) is 28.9. The molecule has 0 aromatic heterocycles. The van der Waals surface area contributed by atoms with E-state index < -0.39 is 0 Å². The van der Waals surface area contributed by atoms with Gasteiger partial charge in [-0.2, -0.15) is 0 Å². The Balaban J connectivity index is 2.40. The second-order valence-corrected chi connectivity index (χ2v) is 4.95. The zero-order valence-electron chi connectivity index (χ0n) is 11.5. The van der Waals surface area contributed by atoms with Crippen molar-refractivity contribution in [3.63, 3.8) is 0 Å². The number of aliphatic hydroxyl groups is 1. The molecule has 0 bridgehead atoms. The number of rotatable bonds is 8. The van der Waals surface area contributed by atoms with Crippen LogP contribution in [-0.2, 0) is 0 Å². The molecule has 0 aliphatic heterocycles. The van der Waals surface area contributed by atoms with Crippen molar-refractivity contribution in [2.24, 2.45) is 5.92 Å². The summed E-state index contributed by atoms with van der Waals surface area (Å²) >= 11 is 0. The highest BCUT2D eigenvalue weighted by Crippen LogP contribution is 2.48. The summed E-state index contributed by atoms with van der Waals surface area (Å²) in [5.41, 5.74) is -0.155. The van der Waals surface area contributed by atoms with E-state index in [1.54, 1.807) is 0 Å². The van der Waals surface area contributed by atoms with Crippen LogP contribution in [0, 0.1) is 5.92 Å². The molecule has 0 amide bonds. The zero-order valence-corrected chi connectivity index (χ0v) is 11.5. The molecule has 2 N–H and O–H groups in total. The lowest BCUT2D eigenvalue weighted by atomic mass is 10.1. The van der Waals surface area contributed by atoms with Gasteiger partial charge in [0.1, 0.15) is 5.76 Å². The van der Waals surface area contributed by atoms with Crippen LogP contribution in [0.5, 0.6) is 0 Å². The highest BCUT2D eigenvalue weighted by atomic mass is 16.3. The first-order valence-corrected chi connectivity index (χ1v) is 6.96. The molecule has 0 radical (unpaired) electrons. The average molecular weight is 237 g/mol. The standard InChI is InChI=1S/C15H27NO/c1-4-6-7-8-9-11-13-12-15(13,16-3)14(17)10-5-2/h9-11,13,16-17H,4-8,12H2,1-3H3/b11-9-,14-10+. The van der Waals surface area contributed by atoms with Crippen molar-refractivity contribution in [3.05, 3.63) is 24.0 Å². The van der Waals surface area contributed by atoms with Gasteiger partial charge in [-0.1, -0.05) is 38.8 Å². The van der Waals surface area contributed by atoms with E-state index in [1.807, 2.05) is 13.1 Å². The van der Waals surface area contributed by atoms with E-state index in [1.165, 1.54) is 25.7 Å². The third-order valence-electron chi connectivity index (χ3n) is 3.66. The second kappa shape index (κ2) is 6.85. The van der Waals surface area contributed by atoms with Crippen LogP contribution in [0.2, 0.25) is 0 Å². The van der Waals surface area contributed by atoms with E-state index >= 15 is 0 Å². The minimum atomic E-state index is -0.155. The fourth-order valence-corrected chi connectivity index (χ4v) is 2.38. The first-order valence-electron chi connectivity index (χ1n) is 6.96. The Morgan fingerprint density at radius 2 is 2.18 bits per heavy atom. The van der Waals surface area contributed by atoms with Gasteiger partial charge in [-0.05, 0) is 38.8 Å². The number of nitrogens with one attached hydrogen (secondary N) is 1. The van der Waals surface area contributed by atoms with Crippen LogP contribution in [0.15, 0.2) is 24.0 Å². The Hall–Kier alpha value is -0.760. The van der Waals surface area contributed by atoms with Gasteiger partial charge in [0.15, 0.2) is 0 Å². The summed E-state index contributed by atoms with van der Waals surface area (Å²) < 4.78 is 0. The van der Waals surface area contributed by atoms with Gasteiger partial charge in [0, 0.05) is 5.92 Å². The molecule has 98 valence electrons. The number of unbranched alkanes of at least 4 members (excludes halogenated alkanes) is 3. The quantitative estimate of drug-likeness (QED) is 0.380. The number of likely N-dealkylation sites (N-methyl/N-ethyl adjacent to an activating group) is 1. The minimum absolute atomic E-state index is 0.155. The molecule has 0 spiro atoms. The first-order chi connectivity index (χ1) is 8.21. The molecule has 0 saturated heterocycles. The Kier molecular flexibility index (Phi) is 5.76. The number of hydrogen-bond acceptors (Lipinski definition) is 2.